The monoisotopic (exact) mass is 487 g/mol. The molecule has 4 rings (SSSR count). The second kappa shape index (κ2) is 10.9. The molecule has 1 aliphatic rings. The van der Waals surface area contributed by atoms with Gasteiger partial charge in [-0.15, -0.1) is 0 Å². The number of pyridine rings is 1. The van der Waals surface area contributed by atoms with Gasteiger partial charge in [0.25, 0.3) is 11.8 Å². The van der Waals surface area contributed by atoms with E-state index in [1.807, 2.05) is 13.0 Å². The Morgan fingerprint density at radius 1 is 1.14 bits per heavy atom. The lowest BCUT2D eigenvalue weighted by Crippen LogP contribution is -2.40. The van der Waals surface area contributed by atoms with Crippen molar-refractivity contribution in [2.24, 2.45) is 5.73 Å². The number of nitrogens with zero attached hydrogens (tertiary/aromatic N) is 4. The van der Waals surface area contributed by atoms with Gasteiger partial charge in [-0.25, -0.2) is 14.6 Å². The molecule has 1 atom stereocenters. The number of rotatable bonds is 7. The molecule has 3 heterocycles. The number of nitrogen functional groups attached to an aromatic ring is 1. The Kier molecular flexibility index (Phi) is 7.43. The Bertz CT molecular complexity index is 1280. The maximum atomic E-state index is 12.8. The van der Waals surface area contributed by atoms with E-state index in [0.717, 1.165) is 19.3 Å². The molecule has 0 spiro atoms. The topological polar surface area (TPSA) is 149 Å². The fourth-order valence-electron chi connectivity index (χ4n) is 4.30. The Hall–Kier alpha value is -4.47. The zero-order chi connectivity index (χ0) is 25.7. The number of hydrogen-bond donors (Lipinski definition) is 3. The van der Waals surface area contributed by atoms with Crippen LogP contribution in [-0.2, 0) is 4.79 Å². The van der Waals surface area contributed by atoms with Gasteiger partial charge in [0, 0.05) is 23.9 Å². The molecule has 0 aliphatic carbocycles. The summed E-state index contributed by atoms with van der Waals surface area (Å²) in [7, 11) is 0. The van der Waals surface area contributed by atoms with E-state index in [2.05, 4.69) is 15.3 Å². The number of allylic oxidation sites excluding steroid dienone is 1. The van der Waals surface area contributed by atoms with Gasteiger partial charge in [0.05, 0.1) is 6.04 Å². The number of benzene rings is 1. The minimum atomic E-state index is -0.734. The van der Waals surface area contributed by atoms with Crippen LogP contribution in [0.25, 0.3) is 11.3 Å². The van der Waals surface area contributed by atoms with Crippen molar-refractivity contribution in [3.63, 3.8) is 0 Å². The third kappa shape index (κ3) is 5.12. The molecule has 1 aliphatic heterocycles. The summed E-state index contributed by atoms with van der Waals surface area (Å²) in [5.74, 6) is 5.99. The first kappa shape index (κ1) is 24.6. The second-order valence-electron chi connectivity index (χ2n) is 8.50. The van der Waals surface area contributed by atoms with Crippen molar-refractivity contribution in [3.8, 4) is 11.3 Å². The molecule has 5 N–H and O–H groups in total. The van der Waals surface area contributed by atoms with Crippen LogP contribution in [0, 0.1) is 0 Å². The van der Waals surface area contributed by atoms with E-state index in [0.29, 0.717) is 41.4 Å². The molecule has 1 fully saturated rings. The molecule has 0 bridgehead atoms. The second-order valence-corrected chi connectivity index (χ2v) is 8.50. The van der Waals surface area contributed by atoms with Crippen molar-refractivity contribution >= 4 is 23.5 Å². The summed E-state index contributed by atoms with van der Waals surface area (Å²) in [6, 6.07) is 11.5. The number of hydrogen-bond acceptors (Lipinski definition) is 6. The van der Waals surface area contributed by atoms with Crippen LogP contribution in [0.5, 0.6) is 0 Å². The number of piperidine rings is 1. The van der Waals surface area contributed by atoms with Gasteiger partial charge in [-0.05, 0) is 56.0 Å². The molecule has 1 saturated heterocycles. The number of amides is 3. The van der Waals surface area contributed by atoms with Crippen LogP contribution >= 0.6 is 0 Å². The molecule has 3 amide bonds. The molecular weight excluding hydrogens is 458 g/mol. The number of nitrogens with one attached hydrogen (secondary N) is 1. The lowest BCUT2D eigenvalue weighted by molar-refractivity contribution is -0.130. The highest BCUT2D eigenvalue weighted by atomic mass is 16.2. The third-order valence-corrected chi connectivity index (χ3v) is 6.08. The maximum Gasteiger partial charge on any atom is 0.269 e. The van der Waals surface area contributed by atoms with Crippen molar-refractivity contribution in [2.75, 3.05) is 17.7 Å². The number of aromatic nitrogens is 3. The van der Waals surface area contributed by atoms with Gasteiger partial charge in [-0.2, -0.15) is 0 Å². The highest BCUT2D eigenvalue weighted by Gasteiger charge is 2.33. The van der Waals surface area contributed by atoms with Gasteiger partial charge in [0.2, 0.25) is 5.91 Å². The average molecular weight is 488 g/mol. The normalized spacial score (nSPS) is 15.7. The number of anilines is 1. The van der Waals surface area contributed by atoms with Gasteiger partial charge in [0.15, 0.2) is 11.5 Å². The molecule has 3 aromatic rings. The van der Waals surface area contributed by atoms with E-state index in [1.165, 1.54) is 4.68 Å². The average Bonchev–Trinajstić information content (AvgIpc) is 3.25. The van der Waals surface area contributed by atoms with Crippen LogP contribution in [0.4, 0.5) is 5.82 Å². The number of primary amides is 1. The minimum absolute atomic E-state index is 0.0396. The molecule has 2 aromatic heterocycles. The van der Waals surface area contributed by atoms with Gasteiger partial charge >= 0.3 is 0 Å². The van der Waals surface area contributed by atoms with E-state index in [-0.39, 0.29) is 23.6 Å². The molecule has 10 heteroatoms. The largest absolute Gasteiger partial charge is 0.364 e. The summed E-state index contributed by atoms with van der Waals surface area (Å²) in [6.07, 6.45) is 8.17. The van der Waals surface area contributed by atoms with Crippen molar-refractivity contribution < 1.29 is 14.4 Å². The molecule has 0 radical (unpaired) electrons. The van der Waals surface area contributed by atoms with Crippen molar-refractivity contribution in [1.29, 1.82) is 0 Å². The third-order valence-electron chi connectivity index (χ3n) is 6.08. The Labute approximate surface area is 209 Å². The summed E-state index contributed by atoms with van der Waals surface area (Å²) in [5, 5.41) is 2.73. The summed E-state index contributed by atoms with van der Waals surface area (Å²) >= 11 is 0. The van der Waals surface area contributed by atoms with Crippen LogP contribution in [0.3, 0.4) is 0 Å². The number of nitrogens with two attached hydrogens (primary N) is 2. The molecule has 186 valence electrons. The van der Waals surface area contributed by atoms with Crippen LogP contribution in [0.2, 0.25) is 0 Å². The number of carbonyl (C=O) groups excluding carboxylic acids is 3. The van der Waals surface area contributed by atoms with E-state index in [1.54, 1.807) is 59.6 Å². The van der Waals surface area contributed by atoms with Crippen molar-refractivity contribution in [2.45, 2.75) is 38.6 Å². The van der Waals surface area contributed by atoms with Crippen molar-refractivity contribution in [3.05, 3.63) is 77.9 Å². The molecule has 36 heavy (non-hydrogen) atoms. The van der Waals surface area contributed by atoms with Gasteiger partial charge in [0.1, 0.15) is 11.5 Å². The molecule has 10 nitrogen and oxygen atoms in total. The predicted octanol–water partition coefficient (Wildman–Crippen LogP) is 3.03. The summed E-state index contributed by atoms with van der Waals surface area (Å²) in [5.41, 5.74) is 7.00. The first-order valence-corrected chi connectivity index (χ1v) is 11.9. The molecule has 1 unspecified atom stereocenters. The first-order valence-electron chi connectivity index (χ1n) is 11.9. The number of imidazole rings is 1. The summed E-state index contributed by atoms with van der Waals surface area (Å²) in [6.45, 7) is 2.54. The SMILES string of the molecule is CC/C=C/C(=O)N1CCCCC1c1nc(-c2ccc(C(=O)Nc3ccccn3)cc2)c(C(N)=O)n1N. The highest BCUT2D eigenvalue weighted by molar-refractivity contribution is 6.04. The Balaban J connectivity index is 1.65. The van der Waals surface area contributed by atoms with Crippen LogP contribution in [-0.4, -0.2) is 43.8 Å². The van der Waals surface area contributed by atoms with E-state index < -0.39 is 5.91 Å². The zero-order valence-corrected chi connectivity index (χ0v) is 20.1. The molecule has 0 saturated carbocycles. The number of carbonyl (C=O) groups is 3. The standard InChI is InChI=1S/C26H29N7O3/c1-2-3-10-21(34)32-16-7-5-8-19(32)25-31-22(23(24(27)35)33(25)28)17-11-13-18(14-12-17)26(36)30-20-9-4-6-15-29-20/h3-4,6,9-15,19H,2,5,7-8,16,28H2,1H3,(H2,27,35)(H,29,30,36)/b10-3+. The quantitative estimate of drug-likeness (QED) is 0.344. The smallest absolute Gasteiger partial charge is 0.269 e. The molecular formula is C26H29N7O3. The highest BCUT2D eigenvalue weighted by Crippen LogP contribution is 2.33. The number of likely N-dealkylation sites (tertiary alicyclic amines) is 1. The van der Waals surface area contributed by atoms with Gasteiger partial charge in [-0.3, -0.25) is 14.4 Å². The van der Waals surface area contributed by atoms with Crippen LogP contribution in [0.1, 0.15) is 65.3 Å². The van der Waals surface area contributed by atoms with E-state index in [4.69, 9.17) is 11.6 Å². The predicted molar refractivity (Wildman–Crippen MR) is 136 cm³/mol. The van der Waals surface area contributed by atoms with Gasteiger partial charge in [-0.1, -0.05) is 31.2 Å². The van der Waals surface area contributed by atoms with Gasteiger partial charge < -0.3 is 21.8 Å². The maximum absolute atomic E-state index is 12.8. The summed E-state index contributed by atoms with van der Waals surface area (Å²) in [4.78, 5) is 48.3. The van der Waals surface area contributed by atoms with E-state index in [9.17, 15) is 14.4 Å². The van der Waals surface area contributed by atoms with Crippen LogP contribution in [0.15, 0.2) is 60.8 Å². The fraction of sp³-hybridized carbons (Fsp3) is 0.269. The van der Waals surface area contributed by atoms with Crippen LogP contribution < -0.4 is 16.9 Å². The molecule has 1 aromatic carbocycles. The first-order chi connectivity index (χ1) is 17.4. The lowest BCUT2D eigenvalue weighted by atomic mass is 10.0. The van der Waals surface area contributed by atoms with Crippen molar-refractivity contribution in [1.82, 2.24) is 19.5 Å². The lowest BCUT2D eigenvalue weighted by Gasteiger charge is -2.34. The Morgan fingerprint density at radius 2 is 1.92 bits per heavy atom. The fourth-order valence-corrected chi connectivity index (χ4v) is 4.30. The van der Waals surface area contributed by atoms with E-state index >= 15 is 0 Å². The Morgan fingerprint density at radius 3 is 2.58 bits per heavy atom. The zero-order valence-electron chi connectivity index (χ0n) is 20.1. The minimum Gasteiger partial charge on any atom is -0.364 e. The summed E-state index contributed by atoms with van der Waals surface area (Å²) < 4.78 is 1.19.